The lowest BCUT2D eigenvalue weighted by molar-refractivity contribution is -0.142. The number of nitrogens with zero attached hydrogens (tertiary/aromatic N) is 6. The first kappa shape index (κ1) is 23.2. The molecule has 0 atom stereocenters. The smallest absolute Gasteiger partial charge is 0.247 e. The molecule has 1 aromatic carbocycles. The van der Waals surface area contributed by atoms with Crippen molar-refractivity contribution in [2.24, 2.45) is 0 Å². The quantitative estimate of drug-likeness (QED) is 0.417. The fourth-order valence-corrected chi connectivity index (χ4v) is 3.65. The second-order valence-electron chi connectivity index (χ2n) is 6.61. The number of anilines is 1. The van der Waals surface area contributed by atoms with Crippen LogP contribution in [0.5, 0.6) is 0 Å². The normalized spacial score (nSPS) is 12.6. The van der Waals surface area contributed by atoms with Crippen molar-refractivity contribution in [1.82, 2.24) is 29.5 Å². The molecule has 0 fully saturated rings. The molecule has 1 N–H and O–H groups in total. The summed E-state index contributed by atoms with van der Waals surface area (Å²) in [6.45, 7) is 0. The summed E-state index contributed by atoms with van der Waals surface area (Å²) in [5.41, 5.74) is -2.53. The lowest BCUT2D eigenvalue weighted by Gasteiger charge is -2.11. The van der Waals surface area contributed by atoms with Crippen LogP contribution in [0.25, 0.3) is 11.6 Å². The summed E-state index contributed by atoms with van der Waals surface area (Å²) in [5.74, 6) is -1.37. The highest BCUT2D eigenvalue weighted by molar-refractivity contribution is 7.92. The molecule has 0 radical (unpaired) electrons. The Labute approximate surface area is 186 Å². The molecule has 0 bridgehead atoms. The van der Waals surface area contributed by atoms with Crippen molar-refractivity contribution in [3.63, 3.8) is 0 Å². The molecule has 0 aliphatic rings. The number of hydrogen-bond acceptors (Lipinski definition) is 6. The average Bonchev–Trinajstić information content (AvgIpc) is 3.44. The molecule has 16 heteroatoms. The van der Waals surface area contributed by atoms with Gasteiger partial charge < -0.3 is 0 Å². The van der Waals surface area contributed by atoms with E-state index in [1.807, 2.05) is 0 Å². The fourth-order valence-electron chi connectivity index (χ4n) is 2.69. The Morgan fingerprint density at radius 2 is 1.21 bits per heavy atom. The van der Waals surface area contributed by atoms with Gasteiger partial charge >= 0.3 is 12.4 Å². The van der Waals surface area contributed by atoms with Crippen molar-refractivity contribution in [3.05, 3.63) is 72.3 Å². The van der Waals surface area contributed by atoms with Crippen LogP contribution in [-0.4, -0.2) is 37.9 Å². The predicted molar refractivity (Wildman–Crippen MR) is 104 cm³/mol. The van der Waals surface area contributed by atoms with Gasteiger partial charge in [0.2, 0.25) is 5.95 Å². The third kappa shape index (κ3) is 4.85. The maximum Gasteiger partial charge on any atom is 0.435 e. The molecule has 0 amide bonds. The zero-order chi connectivity index (χ0) is 24.7. The largest absolute Gasteiger partial charge is 0.435 e. The summed E-state index contributed by atoms with van der Waals surface area (Å²) in [5, 5.41) is 6.68. The summed E-state index contributed by atoms with van der Waals surface area (Å²) in [6.07, 6.45) is -7.76. The van der Waals surface area contributed by atoms with Crippen LogP contribution in [0.2, 0.25) is 0 Å². The summed E-state index contributed by atoms with van der Waals surface area (Å²) in [4.78, 5) is 7.54. The van der Waals surface area contributed by atoms with Crippen LogP contribution in [0.3, 0.4) is 0 Å². The predicted octanol–water partition coefficient (Wildman–Crippen LogP) is 3.69. The van der Waals surface area contributed by atoms with Crippen molar-refractivity contribution >= 4 is 16.0 Å². The third-order valence-electron chi connectivity index (χ3n) is 4.21. The SMILES string of the molecule is O=S(=O)(Nc1nc(-n2ccc(C(F)(F)F)n2)cc(-n2ccc(C(F)(F)F)n2)n1)c1ccccc1. The Morgan fingerprint density at radius 3 is 1.62 bits per heavy atom. The topological polar surface area (TPSA) is 108 Å². The van der Waals surface area contributed by atoms with E-state index in [1.165, 1.54) is 24.3 Å². The van der Waals surface area contributed by atoms with Crippen LogP contribution < -0.4 is 4.72 Å². The van der Waals surface area contributed by atoms with Gasteiger partial charge in [0.15, 0.2) is 23.0 Å². The van der Waals surface area contributed by atoms with Gasteiger partial charge in [-0.2, -0.15) is 46.5 Å². The highest BCUT2D eigenvalue weighted by atomic mass is 32.2. The number of halogens is 6. The molecule has 3 heterocycles. The van der Waals surface area contributed by atoms with Gasteiger partial charge in [-0.1, -0.05) is 18.2 Å². The van der Waals surface area contributed by atoms with Crippen LogP contribution >= 0.6 is 0 Å². The molecular weight excluding hydrogens is 492 g/mol. The van der Waals surface area contributed by atoms with Crippen LogP contribution in [0.4, 0.5) is 32.3 Å². The first-order valence-electron chi connectivity index (χ1n) is 9.06. The summed E-state index contributed by atoms with van der Waals surface area (Å²) in [7, 11) is -4.24. The van der Waals surface area contributed by atoms with Crippen LogP contribution in [0.15, 0.2) is 65.8 Å². The Hall–Kier alpha value is -3.95. The molecule has 0 spiro atoms. The Balaban J connectivity index is 1.81. The number of hydrogen-bond donors (Lipinski definition) is 1. The number of nitrogens with one attached hydrogen (secondary N) is 1. The number of sulfonamides is 1. The molecule has 0 aliphatic heterocycles. The van der Waals surface area contributed by atoms with Crippen LogP contribution in [0, 0.1) is 0 Å². The van der Waals surface area contributed by atoms with E-state index in [1.54, 1.807) is 6.07 Å². The third-order valence-corrected chi connectivity index (χ3v) is 5.55. The summed E-state index contributed by atoms with van der Waals surface area (Å²) in [6, 6.07) is 9.26. The van der Waals surface area contributed by atoms with Gasteiger partial charge in [0.1, 0.15) is 0 Å². The van der Waals surface area contributed by atoms with Gasteiger partial charge in [-0.15, -0.1) is 0 Å². The van der Waals surface area contributed by atoms with Crippen LogP contribution in [-0.2, 0) is 22.4 Å². The number of aromatic nitrogens is 6. The second kappa shape index (κ2) is 8.12. The van der Waals surface area contributed by atoms with Crippen molar-refractivity contribution in [2.75, 3.05) is 4.72 Å². The minimum absolute atomic E-state index is 0.178. The molecule has 4 aromatic rings. The van der Waals surface area contributed by atoms with Crippen molar-refractivity contribution in [3.8, 4) is 11.6 Å². The molecular formula is C18H11F6N7O2S. The standard InChI is InChI=1S/C18H11F6N7O2S/c19-17(20,21)12-6-8-30(27-12)14-10-15(31-9-7-13(28-31)18(22,23)24)26-16(25-14)29-34(32,33)11-4-2-1-3-5-11/h1-10H,(H,25,26,29). The molecule has 4 rings (SSSR count). The lowest BCUT2D eigenvalue weighted by atomic mass is 10.4. The number of alkyl halides is 6. The maximum atomic E-state index is 12.9. The highest BCUT2D eigenvalue weighted by Crippen LogP contribution is 2.29. The van der Waals surface area contributed by atoms with E-state index in [9.17, 15) is 34.8 Å². The zero-order valence-corrected chi connectivity index (χ0v) is 17.3. The van der Waals surface area contributed by atoms with Gasteiger partial charge in [0.25, 0.3) is 10.0 Å². The monoisotopic (exact) mass is 503 g/mol. The molecule has 9 nitrogen and oxygen atoms in total. The molecule has 0 saturated heterocycles. The van der Waals surface area contributed by atoms with Crippen LogP contribution in [0.1, 0.15) is 11.4 Å². The summed E-state index contributed by atoms with van der Waals surface area (Å²) < 4.78 is 106. The molecule has 34 heavy (non-hydrogen) atoms. The van der Waals surface area contributed by atoms with Crippen molar-refractivity contribution < 1.29 is 34.8 Å². The zero-order valence-electron chi connectivity index (χ0n) is 16.4. The van der Waals surface area contributed by atoms with Gasteiger partial charge in [-0.25, -0.2) is 22.5 Å². The van der Waals surface area contributed by atoms with E-state index in [2.05, 4.69) is 24.9 Å². The minimum Gasteiger partial charge on any atom is -0.247 e. The van der Waals surface area contributed by atoms with E-state index < -0.39 is 39.7 Å². The van der Waals surface area contributed by atoms with E-state index in [4.69, 9.17) is 0 Å². The van der Waals surface area contributed by atoms with E-state index in [0.717, 1.165) is 18.5 Å². The van der Waals surface area contributed by atoms with E-state index in [-0.39, 0.29) is 16.5 Å². The summed E-state index contributed by atoms with van der Waals surface area (Å²) >= 11 is 0. The Morgan fingerprint density at radius 1 is 0.735 bits per heavy atom. The van der Waals surface area contributed by atoms with Gasteiger partial charge in [0, 0.05) is 18.5 Å². The fraction of sp³-hybridized carbons (Fsp3) is 0.111. The molecule has 0 saturated carbocycles. The van der Waals surface area contributed by atoms with E-state index >= 15 is 0 Å². The van der Waals surface area contributed by atoms with E-state index in [0.29, 0.717) is 21.5 Å². The molecule has 0 unspecified atom stereocenters. The van der Waals surface area contributed by atoms with Crippen molar-refractivity contribution in [2.45, 2.75) is 17.2 Å². The van der Waals surface area contributed by atoms with Gasteiger partial charge in [-0.3, -0.25) is 0 Å². The Kier molecular flexibility index (Phi) is 5.55. The maximum absolute atomic E-state index is 12.9. The number of benzene rings is 1. The Bertz CT molecular complexity index is 1360. The molecule has 0 aliphatic carbocycles. The van der Waals surface area contributed by atoms with Gasteiger partial charge in [0.05, 0.1) is 4.90 Å². The lowest BCUT2D eigenvalue weighted by Crippen LogP contribution is -2.17. The van der Waals surface area contributed by atoms with Gasteiger partial charge in [-0.05, 0) is 24.3 Å². The minimum atomic E-state index is -4.78. The van der Waals surface area contributed by atoms with Crippen molar-refractivity contribution in [1.29, 1.82) is 0 Å². The number of rotatable bonds is 5. The molecule has 178 valence electrons. The highest BCUT2D eigenvalue weighted by Gasteiger charge is 2.35. The average molecular weight is 503 g/mol. The molecule has 3 aromatic heterocycles. The first-order valence-corrected chi connectivity index (χ1v) is 10.5. The first-order chi connectivity index (χ1) is 15.8. The second-order valence-corrected chi connectivity index (χ2v) is 8.30.